The summed E-state index contributed by atoms with van der Waals surface area (Å²) >= 11 is 3.35. The molecule has 0 fully saturated rings. The summed E-state index contributed by atoms with van der Waals surface area (Å²) in [6.45, 7) is 1.88. The second-order valence-electron chi connectivity index (χ2n) is 3.53. The van der Waals surface area contributed by atoms with Crippen LogP contribution in [0.2, 0.25) is 0 Å². The summed E-state index contributed by atoms with van der Waals surface area (Å²) in [5.74, 6) is -1.10. The van der Waals surface area contributed by atoms with E-state index in [0.717, 1.165) is 10.0 Å². The lowest BCUT2D eigenvalue weighted by Gasteiger charge is -2.09. The Morgan fingerprint density at radius 3 is 2.12 bits per heavy atom. The number of benzene rings is 2. The van der Waals surface area contributed by atoms with Gasteiger partial charge in [0.05, 0.1) is 5.56 Å². The van der Waals surface area contributed by atoms with Crippen molar-refractivity contribution in [3.05, 3.63) is 58.1 Å². The molecule has 2 aromatic rings. The van der Waals surface area contributed by atoms with Gasteiger partial charge in [-0.3, -0.25) is 0 Å². The van der Waals surface area contributed by atoms with Crippen molar-refractivity contribution in [3.8, 4) is 11.1 Å². The van der Waals surface area contributed by atoms with E-state index in [9.17, 15) is 8.78 Å². The molecule has 0 aliphatic carbocycles. The van der Waals surface area contributed by atoms with Crippen LogP contribution in [-0.4, -0.2) is 0 Å². The molecule has 0 nitrogen and oxygen atoms in total. The molecule has 0 saturated carbocycles. The molecule has 0 radical (unpaired) electrons. The van der Waals surface area contributed by atoms with Crippen LogP contribution in [0.3, 0.4) is 0 Å². The van der Waals surface area contributed by atoms with Gasteiger partial charge in [-0.15, -0.1) is 0 Å². The smallest absolute Gasteiger partial charge is 0.134 e. The van der Waals surface area contributed by atoms with Crippen molar-refractivity contribution in [2.24, 2.45) is 0 Å². The monoisotopic (exact) mass is 282 g/mol. The molecular formula is C13H9BrF2. The number of hydrogen-bond donors (Lipinski definition) is 0. The van der Waals surface area contributed by atoms with Crippen molar-refractivity contribution in [3.63, 3.8) is 0 Å². The Morgan fingerprint density at radius 2 is 1.50 bits per heavy atom. The molecular weight excluding hydrogens is 274 g/mol. The Kier molecular flexibility index (Phi) is 3.06. The van der Waals surface area contributed by atoms with Gasteiger partial charge >= 0.3 is 0 Å². The van der Waals surface area contributed by atoms with Gasteiger partial charge in [-0.25, -0.2) is 8.78 Å². The number of aryl methyl sites for hydroxylation is 1. The van der Waals surface area contributed by atoms with Crippen LogP contribution in [0.1, 0.15) is 5.56 Å². The number of rotatable bonds is 1. The van der Waals surface area contributed by atoms with Crippen LogP contribution < -0.4 is 0 Å². The maximum Gasteiger partial charge on any atom is 0.134 e. The Bertz CT molecular complexity index is 515. The predicted molar refractivity (Wildman–Crippen MR) is 64.2 cm³/mol. The van der Waals surface area contributed by atoms with Gasteiger partial charge in [0.15, 0.2) is 0 Å². The minimum Gasteiger partial charge on any atom is -0.206 e. The summed E-state index contributed by atoms with van der Waals surface area (Å²) in [5.41, 5.74) is 1.49. The second-order valence-corrected chi connectivity index (χ2v) is 4.33. The Morgan fingerprint density at radius 1 is 0.938 bits per heavy atom. The SMILES string of the molecule is Cc1cccc(-c2c(F)cccc2F)c1Br. The molecule has 0 aliphatic rings. The lowest BCUT2D eigenvalue weighted by Crippen LogP contribution is -1.91. The highest BCUT2D eigenvalue weighted by Crippen LogP contribution is 2.33. The highest BCUT2D eigenvalue weighted by atomic mass is 79.9. The molecule has 3 heteroatoms. The molecule has 0 atom stereocenters. The van der Waals surface area contributed by atoms with E-state index in [-0.39, 0.29) is 5.56 Å². The van der Waals surface area contributed by atoms with Gasteiger partial charge in [0.25, 0.3) is 0 Å². The zero-order valence-electron chi connectivity index (χ0n) is 8.60. The van der Waals surface area contributed by atoms with Crippen molar-refractivity contribution < 1.29 is 8.78 Å². The molecule has 0 aromatic heterocycles. The van der Waals surface area contributed by atoms with Crippen LogP contribution >= 0.6 is 15.9 Å². The van der Waals surface area contributed by atoms with E-state index in [1.54, 1.807) is 12.1 Å². The van der Waals surface area contributed by atoms with Crippen molar-refractivity contribution in [1.82, 2.24) is 0 Å². The average molecular weight is 283 g/mol. The van der Waals surface area contributed by atoms with E-state index in [2.05, 4.69) is 15.9 Å². The Balaban J connectivity index is 2.73. The van der Waals surface area contributed by atoms with Gasteiger partial charge in [-0.2, -0.15) is 0 Å². The summed E-state index contributed by atoms with van der Waals surface area (Å²) in [6.07, 6.45) is 0. The maximum absolute atomic E-state index is 13.6. The van der Waals surface area contributed by atoms with E-state index in [4.69, 9.17) is 0 Å². The molecule has 0 heterocycles. The van der Waals surface area contributed by atoms with E-state index in [1.807, 2.05) is 13.0 Å². The van der Waals surface area contributed by atoms with Gasteiger partial charge in [0.1, 0.15) is 11.6 Å². The van der Waals surface area contributed by atoms with E-state index < -0.39 is 11.6 Å². The average Bonchev–Trinajstić information content (AvgIpc) is 2.24. The fourth-order valence-electron chi connectivity index (χ4n) is 1.60. The van der Waals surface area contributed by atoms with Gasteiger partial charge in [-0.05, 0) is 40.5 Å². The fourth-order valence-corrected chi connectivity index (χ4v) is 2.06. The number of hydrogen-bond acceptors (Lipinski definition) is 0. The summed E-state index contributed by atoms with van der Waals surface area (Å²) in [6, 6.07) is 9.23. The van der Waals surface area contributed by atoms with Crippen molar-refractivity contribution in [2.75, 3.05) is 0 Å². The van der Waals surface area contributed by atoms with Crippen molar-refractivity contribution in [2.45, 2.75) is 6.92 Å². The molecule has 0 aliphatic heterocycles. The molecule has 0 saturated heterocycles. The van der Waals surface area contributed by atoms with E-state index >= 15 is 0 Å². The van der Waals surface area contributed by atoms with Gasteiger partial charge in [-0.1, -0.05) is 24.3 Å². The lowest BCUT2D eigenvalue weighted by atomic mass is 10.0. The second kappa shape index (κ2) is 4.34. The molecule has 0 unspecified atom stereocenters. The Labute approximate surface area is 101 Å². The van der Waals surface area contributed by atoms with E-state index in [0.29, 0.717) is 5.56 Å². The first-order chi connectivity index (χ1) is 7.61. The third-order valence-corrected chi connectivity index (χ3v) is 3.48. The fraction of sp³-hybridized carbons (Fsp3) is 0.0769. The topological polar surface area (TPSA) is 0 Å². The van der Waals surface area contributed by atoms with Crippen LogP contribution in [0.25, 0.3) is 11.1 Å². The summed E-state index contributed by atoms with van der Waals surface area (Å²) in [4.78, 5) is 0. The zero-order chi connectivity index (χ0) is 11.7. The zero-order valence-corrected chi connectivity index (χ0v) is 10.2. The molecule has 0 amide bonds. The third-order valence-electron chi connectivity index (χ3n) is 2.42. The normalized spacial score (nSPS) is 10.5. The summed E-state index contributed by atoms with van der Waals surface area (Å²) in [5, 5.41) is 0. The van der Waals surface area contributed by atoms with Crippen molar-refractivity contribution >= 4 is 15.9 Å². The van der Waals surface area contributed by atoms with Gasteiger partial charge in [0.2, 0.25) is 0 Å². The third kappa shape index (κ3) is 1.87. The van der Waals surface area contributed by atoms with Crippen LogP contribution in [0.15, 0.2) is 40.9 Å². The molecule has 0 N–H and O–H groups in total. The van der Waals surface area contributed by atoms with Gasteiger partial charge in [0, 0.05) is 10.0 Å². The first-order valence-corrected chi connectivity index (χ1v) is 5.60. The minimum absolute atomic E-state index is 0.0121. The molecule has 16 heavy (non-hydrogen) atoms. The molecule has 0 spiro atoms. The molecule has 2 rings (SSSR count). The van der Waals surface area contributed by atoms with Crippen LogP contribution in [0.4, 0.5) is 8.78 Å². The molecule has 2 aromatic carbocycles. The minimum atomic E-state index is -0.550. The number of halogens is 3. The van der Waals surface area contributed by atoms with Crippen LogP contribution in [0, 0.1) is 18.6 Å². The van der Waals surface area contributed by atoms with Crippen LogP contribution in [0.5, 0.6) is 0 Å². The maximum atomic E-state index is 13.6. The molecule has 0 bridgehead atoms. The quantitative estimate of drug-likeness (QED) is 0.711. The Hall–Kier alpha value is -1.22. The highest BCUT2D eigenvalue weighted by Gasteiger charge is 2.14. The first kappa shape index (κ1) is 11.3. The predicted octanol–water partition coefficient (Wildman–Crippen LogP) is 4.70. The van der Waals surface area contributed by atoms with Crippen LogP contribution in [-0.2, 0) is 0 Å². The van der Waals surface area contributed by atoms with Crippen molar-refractivity contribution in [1.29, 1.82) is 0 Å². The lowest BCUT2D eigenvalue weighted by molar-refractivity contribution is 0.589. The van der Waals surface area contributed by atoms with E-state index in [1.165, 1.54) is 18.2 Å². The largest absolute Gasteiger partial charge is 0.206 e. The molecule has 82 valence electrons. The highest BCUT2D eigenvalue weighted by molar-refractivity contribution is 9.10. The van der Waals surface area contributed by atoms with Gasteiger partial charge < -0.3 is 0 Å². The first-order valence-electron chi connectivity index (χ1n) is 4.80. The summed E-state index contributed by atoms with van der Waals surface area (Å²) in [7, 11) is 0. The summed E-state index contributed by atoms with van der Waals surface area (Å²) < 4.78 is 27.9. The standard InChI is InChI=1S/C13H9BrF2/c1-8-4-2-5-9(13(8)14)12-10(15)6-3-7-11(12)16/h2-7H,1H3.